The van der Waals surface area contributed by atoms with E-state index in [4.69, 9.17) is 11.3 Å². The molecule has 4 heteroatoms. The van der Waals surface area contributed by atoms with Gasteiger partial charge < -0.3 is 5.73 Å². The molecule has 0 bridgehead atoms. The lowest BCUT2D eigenvalue weighted by molar-refractivity contribution is 0.995. The van der Waals surface area contributed by atoms with Crippen LogP contribution in [0.1, 0.15) is 17.5 Å². The summed E-state index contributed by atoms with van der Waals surface area (Å²) in [6.07, 6.45) is 4.73. The highest BCUT2D eigenvalue weighted by molar-refractivity contribution is 5.61. The first-order valence-corrected chi connectivity index (χ1v) is 4.78. The van der Waals surface area contributed by atoms with Gasteiger partial charge in [-0.25, -0.2) is 0 Å². The van der Waals surface area contributed by atoms with Gasteiger partial charge in [-0.05, 0) is 36.1 Å². The van der Waals surface area contributed by atoms with Crippen LogP contribution in [0.2, 0.25) is 0 Å². The standard InChI is InChI=1S/C11H14N4/c1-9-10(6-4-7-11(9)12)5-2-3-8-14-15-13/h2,4-7H,3,8,12H2,1H3. The molecule has 15 heavy (non-hydrogen) atoms. The van der Waals surface area contributed by atoms with Crippen molar-refractivity contribution in [1.29, 1.82) is 0 Å². The van der Waals surface area contributed by atoms with Crippen LogP contribution in [0, 0.1) is 6.92 Å². The first kappa shape index (κ1) is 11.1. The Morgan fingerprint density at radius 1 is 1.53 bits per heavy atom. The SMILES string of the molecule is Cc1c(N)cccc1C=CCCN=[N+]=[N-]. The number of anilines is 1. The third-order valence-electron chi connectivity index (χ3n) is 2.17. The monoisotopic (exact) mass is 202 g/mol. The summed E-state index contributed by atoms with van der Waals surface area (Å²) in [6, 6.07) is 5.82. The van der Waals surface area contributed by atoms with Crippen molar-refractivity contribution in [3.8, 4) is 0 Å². The van der Waals surface area contributed by atoms with E-state index in [0.717, 1.165) is 23.2 Å². The van der Waals surface area contributed by atoms with Crippen LogP contribution >= 0.6 is 0 Å². The Kier molecular flexibility index (Phi) is 4.26. The van der Waals surface area contributed by atoms with Gasteiger partial charge in [0.1, 0.15) is 0 Å². The Balaban J connectivity index is 2.64. The molecule has 0 saturated heterocycles. The van der Waals surface area contributed by atoms with Crippen molar-refractivity contribution < 1.29 is 0 Å². The maximum atomic E-state index is 8.08. The van der Waals surface area contributed by atoms with Gasteiger partial charge in [0.15, 0.2) is 0 Å². The molecule has 0 heterocycles. The highest BCUT2D eigenvalue weighted by Crippen LogP contribution is 2.16. The van der Waals surface area contributed by atoms with Crippen LogP contribution in [0.4, 0.5) is 5.69 Å². The molecule has 0 amide bonds. The van der Waals surface area contributed by atoms with Gasteiger partial charge in [-0.1, -0.05) is 29.4 Å². The predicted molar refractivity (Wildman–Crippen MR) is 63.3 cm³/mol. The average Bonchev–Trinajstić information content (AvgIpc) is 2.24. The van der Waals surface area contributed by atoms with Crippen molar-refractivity contribution in [1.82, 2.24) is 0 Å². The molecular formula is C11H14N4. The summed E-state index contributed by atoms with van der Waals surface area (Å²) in [6.45, 7) is 2.48. The summed E-state index contributed by atoms with van der Waals surface area (Å²) in [7, 11) is 0. The molecule has 2 N–H and O–H groups in total. The minimum atomic E-state index is 0.494. The number of hydrogen-bond donors (Lipinski definition) is 1. The van der Waals surface area contributed by atoms with Crippen LogP contribution in [0.15, 0.2) is 29.4 Å². The van der Waals surface area contributed by atoms with Crippen molar-refractivity contribution in [2.24, 2.45) is 5.11 Å². The highest BCUT2D eigenvalue weighted by Gasteiger charge is 1.96. The topological polar surface area (TPSA) is 74.8 Å². The van der Waals surface area contributed by atoms with Gasteiger partial charge in [0.05, 0.1) is 0 Å². The molecule has 0 unspecified atom stereocenters. The van der Waals surface area contributed by atoms with E-state index in [0.29, 0.717) is 6.54 Å². The Bertz CT molecular complexity index is 403. The minimum Gasteiger partial charge on any atom is -0.398 e. The van der Waals surface area contributed by atoms with Crippen LogP contribution in [0.25, 0.3) is 16.5 Å². The third kappa shape index (κ3) is 3.37. The first-order valence-electron chi connectivity index (χ1n) is 4.78. The fourth-order valence-corrected chi connectivity index (χ4v) is 1.24. The van der Waals surface area contributed by atoms with Gasteiger partial charge in [-0.15, -0.1) is 0 Å². The summed E-state index contributed by atoms with van der Waals surface area (Å²) in [4.78, 5) is 2.68. The van der Waals surface area contributed by atoms with Crippen LogP contribution in [-0.4, -0.2) is 6.54 Å². The average molecular weight is 202 g/mol. The normalized spacial score (nSPS) is 10.2. The summed E-state index contributed by atoms with van der Waals surface area (Å²) in [5.41, 5.74) is 16.8. The van der Waals surface area contributed by atoms with E-state index in [-0.39, 0.29) is 0 Å². The van der Waals surface area contributed by atoms with E-state index in [2.05, 4.69) is 10.0 Å². The molecular weight excluding hydrogens is 188 g/mol. The Labute approximate surface area is 89.0 Å². The highest BCUT2D eigenvalue weighted by atomic mass is 15.1. The van der Waals surface area contributed by atoms with Gasteiger partial charge in [0, 0.05) is 17.1 Å². The minimum absolute atomic E-state index is 0.494. The van der Waals surface area contributed by atoms with Crippen molar-refractivity contribution in [3.63, 3.8) is 0 Å². The fourth-order valence-electron chi connectivity index (χ4n) is 1.24. The number of nitrogens with two attached hydrogens (primary N) is 1. The van der Waals surface area contributed by atoms with E-state index >= 15 is 0 Å². The molecule has 0 aromatic heterocycles. The lowest BCUT2D eigenvalue weighted by Crippen LogP contribution is -1.90. The molecule has 0 atom stereocenters. The van der Waals surface area contributed by atoms with Crippen LogP contribution in [0.5, 0.6) is 0 Å². The molecule has 4 nitrogen and oxygen atoms in total. The predicted octanol–water partition coefficient (Wildman–Crippen LogP) is 3.29. The van der Waals surface area contributed by atoms with Crippen molar-refractivity contribution >= 4 is 11.8 Å². The summed E-state index contributed by atoms with van der Waals surface area (Å²) >= 11 is 0. The smallest absolute Gasteiger partial charge is 0.0349 e. The van der Waals surface area contributed by atoms with Gasteiger partial charge in [-0.3, -0.25) is 0 Å². The maximum Gasteiger partial charge on any atom is 0.0349 e. The van der Waals surface area contributed by atoms with Crippen molar-refractivity contribution in [2.45, 2.75) is 13.3 Å². The first-order chi connectivity index (χ1) is 7.25. The molecule has 0 aliphatic heterocycles. The second-order valence-electron chi connectivity index (χ2n) is 3.21. The third-order valence-corrected chi connectivity index (χ3v) is 2.17. The fraction of sp³-hybridized carbons (Fsp3) is 0.273. The number of nitrogen functional groups attached to an aromatic ring is 1. The molecule has 0 fully saturated rings. The molecule has 0 radical (unpaired) electrons. The zero-order valence-corrected chi connectivity index (χ0v) is 8.72. The molecule has 78 valence electrons. The summed E-state index contributed by atoms with van der Waals surface area (Å²) in [5, 5.41) is 3.45. The zero-order chi connectivity index (χ0) is 11.1. The molecule has 0 spiro atoms. The van der Waals surface area contributed by atoms with E-state index in [1.165, 1.54) is 0 Å². The number of nitrogens with zero attached hydrogens (tertiary/aromatic N) is 3. The quantitative estimate of drug-likeness (QED) is 0.263. The maximum absolute atomic E-state index is 8.08. The second kappa shape index (κ2) is 5.73. The van der Waals surface area contributed by atoms with Gasteiger partial charge in [0.25, 0.3) is 0 Å². The summed E-state index contributed by atoms with van der Waals surface area (Å²) in [5.74, 6) is 0. The Hall–Kier alpha value is -1.93. The van der Waals surface area contributed by atoms with Crippen LogP contribution < -0.4 is 5.73 Å². The Morgan fingerprint density at radius 2 is 2.33 bits per heavy atom. The Morgan fingerprint density at radius 3 is 3.07 bits per heavy atom. The number of azide groups is 1. The zero-order valence-electron chi connectivity index (χ0n) is 8.72. The van der Waals surface area contributed by atoms with E-state index in [1.807, 2.05) is 37.3 Å². The molecule has 0 aliphatic carbocycles. The van der Waals surface area contributed by atoms with Crippen molar-refractivity contribution in [3.05, 3.63) is 45.8 Å². The molecule has 0 saturated carbocycles. The number of rotatable bonds is 4. The van der Waals surface area contributed by atoms with Gasteiger partial charge in [-0.2, -0.15) is 0 Å². The van der Waals surface area contributed by atoms with E-state index in [9.17, 15) is 0 Å². The molecule has 0 aliphatic rings. The number of hydrogen-bond acceptors (Lipinski definition) is 2. The molecule has 1 rings (SSSR count). The van der Waals surface area contributed by atoms with E-state index < -0.39 is 0 Å². The summed E-state index contributed by atoms with van der Waals surface area (Å²) < 4.78 is 0. The van der Waals surface area contributed by atoms with Crippen LogP contribution in [-0.2, 0) is 0 Å². The van der Waals surface area contributed by atoms with Crippen LogP contribution in [0.3, 0.4) is 0 Å². The molecule has 1 aromatic rings. The second-order valence-corrected chi connectivity index (χ2v) is 3.21. The largest absolute Gasteiger partial charge is 0.398 e. The lowest BCUT2D eigenvalue weighted by Gasteiger charge is -2.02. The molecule has 1 aromatic carbocycles. The number of benzene rings is 1. The lowest BCUT2D eigenvalue weighted by atomic mass is 10.1. The van der Waals surface area contributed by atoms with E-state index in [1.54, 1.807) is 0 Å². The van der Waals surface area contributed by atoms with Gasteiger partial charge >= 0.3 is 0 Å². The van der Waals surface area contributed by atoms with Crippen molar-refractivity contribution in [2.75, 3.05) is 12.3 Å². The van der Waals surface area contributed by atoms with Gasteiger partial charge in [0.2, 0.25) is 0 Å².